The zero-order chi connectivity index (χ0) is 26.1. The Kier molecular flexibility index (Phi) is 9.87. The van der Waals surface area contributed by atoms with Crippen LogP contribution in [0.2, 0.25) is 0 Å². The summed E-state index contributed by atoms with van der Waals surface area (Å²) in [6.07, 6.45) is 0. The van der Waals surface area contributed by atoms with Crippen molar-refractivity contribution in [2.45, 2.75) is 9.79 Å². The lowest BCUT2D eigenvalue weighted by molar-refractivity contribution is -0.385. The SMILES string of the molecule is O=[N+]([O-])c1ccc(S(=O)(=O)[O-])cc1.O=[N+]([O-])c1ccc(S(=O)(=O)[O-])cc1.[NH3+]c1ccc([NH3+])cc1. The first-order valence-corrected chi connectivity index (χ1v) is 11.6. The van der Waals surface area contributed by atoms with Gasteiger partial charge >= 0.3 is 0 Å². The Bertz CT molecular complexity index is 1230. The molecule has 0 aromatic heterocycles. The van der Waals surface area contributed by atoms with E-state index >= 15 is 0 Å². The van der Waals surface area contributed by atoms with Crippen LogP contribution in [0.15, 0.2) is 82.6 Å². The average Bonchev–Trinajstić information content (AvgIpc) is 2.75. The van der Waals surface area contributed by atoms with Gasteiger partial charge < -0.3 is 20.6 Å². The van der Waals surface area contributed by atoms with E-state index in [1.165, 1.54) is 0 Å². The van der Waals surface area contributed by atoms with Gasteiger partial charge in [0.15, 0.2) is 0 Å². The van der Waals surface area contributed by atoms with Gasteiger partial charge in [0.25, 0.3) is 11.4 Å². The third-order valence-corrected chi connectivity index (χ3v) is 5.39. The van der Waals surface area contributed by atoms with E-state index in [9.17, 15) is 46.2 Å². The normalized spacial score (nSPS) is 10.7. The highest BCUT2D eigenvalue weighted by atomic mass is 32.2. The van der Waals surface area contributed by atoms with Crippen LogP contribution in [0.4, 0.5) is 22.7 Å². The fourth-order valence-corrected chi connectivity index (χ4v) is 2.95. The van der Waals surface area contributed by atoms with Crippen molar-refractivity contribution in [3.05, 3.63) is 93.0 Å². The van der Waals surface area contributed by atoms with E-state index in [4.69, 9.17) is 0 Å². The molecule has 3 aromatic rings. The van der Waals surface area contributed by atoms with Gasteiger partial charge in [-0.25, -0.2) is 16.8 Å². The average molecular weight is 514 g/mol. The lowest BCUT2D eigenvalue weighted by Gasteiger charge is -2.04. The Labute approximate surface area is 193 Å². The molecule has 0 radical (unpaired) electrons. The van der Waals surface area contributed by atoms with Crippen LogP contribution >= 0.6 is 0 Å². The summed E-state index contributed by atoms with van der Waals surface area (Å²) in [5.41, 5.74) is 9.03. The van der Waals surface area contributed by atoms with E-state index in [2.05, 4.69) is 11.5 Å². The molecule has 0 aliphatic rings. The number of benzene rings is 3. The zero-order valence-electron chi connectivity index (χ0n) is 17.1. The topological polar surface area (TPSA) is 256 Å². The summed E-state index contributed by atoms with van der Waals surface area (Å²) < 4.78 is 62.3. The molecule has 0 fully saturated rings. The maximum atomic E-state index is 10.4. The molecule has 6 N–H and O–H groups in total. The summed E-state index contributed by atoms with van der Waals surface area (Å²) in [4.78, 5) is 18.0. The smallest absolute Gasteiger partial charge is 0.269 e. The molecule has 0 amide bonds. The minimum Gasteiger partial charge on any atom is -0.744 e. The van der Waals surface area contributed by atoms with Crippen molar-refractivity contribution in [1.29, 1.82) is 0 Å². The van der Waals surface area contributed by atoms with Crippen LogP contribution in [-0.2, 0) is 20.2 Å². The van der Waals surface area contributed by atoms with Gasteiger partial charge in [-0.05, 0) is 24.3 Å². The fraction of sp³-hybridized carbons (Fsp3) is 0. The van der Waals surface area contributed by atoms with E-state index in [1.807, 2.05) is 24.3 Å². The number of nitro groups is 2. The number of nitro benzene ring substituents is 2. The second-order valence-electron chi connectivity index (χ2n) is 6.23. The molecule has 16 heteroatoms. The third kappa shape index (κ3) is 9.77. The quantitative estimate of drug-likeness (QED) is 0.275. The van der Waals surface area contributed by atoms with Gasteiger partial charge in [-0.3, -0.25) is 20.2 Å². The number of non-ortho nitro benzene ring substituents is 2. The molecule has 0 bridgehead atoms. The van der Waals surface area contributed by atoms with Gasteiger partial charge in [0.1, 0.15) is 31.6 Å². The predicted octanol–water partition coefficient (Wildman–Crippen LogP) is 0.431. The summed E-state index contributed by atoms with van der Waals surface area (Å²) >= 11 is 0. The van der Waals surface area contributed by atoms with Crippen LogP contribution in [-0.4, -0.2) is 35.8 Å². The van der Waals surface area contributed by atoms with Gasteiger partial charge in [-0.1, -0.05) is 0 Å². The van der Waals surface area contributed by atoms with Crippen LogP contribution in [0, 0.1) is 20.2 Å². The minimum absolute atomic E-state index is 0.257. The maximum absolute atomic E-state index is 10.4. The van der Waals surface area contributed by atoms with E-state index in [0.29, 0.717) is 0 Å². The fourth-order valence-electron chi connectivity index (χ4n) is 2.01. The molecule has 3 aromatic carbocycles. The molecule has 0 saturated carbocycles. The Balaban J connectivity index is 0.000000263. The number of rotatable bonds is 4. The molecule has 14 nitrogen and oxygen atoms in total. The van der Waals surface area contributed by atoms with Gasteiger partial charge in [0, 0.05) is 48.5 Å². The molecule has 0 aliphatic carbocycles. The monoisotopic (exact) mass is 514 g/mol. The van der Waals surface area contributed by atoms with Gasteiger partial charge in [-0.15, -0.1) is 0 Å². The van der Waals surface area contributed by atoms with Crippen molar-refractivity contribution in [3.8, 4) is 0 Å². The number of hydrogen-bond donors (Lipinski definition) is 2. The Morgan fingerprint density at radius 1 is 0.529 bits per heavy atom. The summed E-state index contributed by atoms with van der Waals surface area (Å²) in [6, 6.07) is 15.3. The first-order valence-electron chi connectivity index (χ1n) is 8.76. The van der Waals surface area contributed by atoms with E-state index < -0.39 is 39.9 Å². The molecular formula is C18H18N4O10S2. The van der Waals surface area contributed by atoms with Crippen molar-refractivity contribution in [3.63, 3.8) is 0 Å². The van der Waals surface area contributed by atoms with Crippen LogP contribution in [0.25, 0.3) is 0 Å². The second-order valence-corrected chi connectivity index (χ2v) is 8.99. The van der Waals surface area contributed by atoms with Gasteiger partial charge in [0.05, 0.1) is 19.6 Å². The molecular weight excluding hydrogens is 496 g/mol. The summed E-state index contributed by atoms with van der Waals surface area (Å²) in [5.74, 6) is 0. The van der Waals surface area contributed by atoms with E-state index in [1.54, 1.807) is 0 Å². The molecule has 34 heavy (non-hydrogen) atoms. The Morgan fingerprint density at radius 3 is 0.941 bits per heavy atom. The van der Waals surface area contributed by atoms with Gasteiger partial charge in [0.2, 0.25) is 0 Å². The zero-order valence-corrected chi connectivity index (χ0v) is 18.8. The van der Waals surface area contributed by atoms with Crippen molar-refractivity contribution in [2.24, 2.45) is 0 Å². The first kappa shape index (κ1) is 28.2. The van der Waals surface area contributed by atoms with Crippen molar-refractivity contribution in [2.75, 3.05) is 0 Å². The lowest BCUT2D eigenvalue weighted by atomic mass is 10.3. The Morgan fingerprint density at radius 2 is 0.765 bits per heavy atom. The second kappa shape index (κ2) is 11.9. The highest BCUT2D eigenvalue weighted by Gasteiger charge is 2.07. The molecule has 0 spiro atoms. The third-order valence-electron chi connectivity index (χ3n) is 3.70. The maximum Gasteiger partial charge on any atom is 0.269 e. The Hall–Kier alpha value is -3.80. The lowest BCUT2D eigenvalue weighted by Crippen LogP contribution is -2.42. The molecule has 0 unspecified atom stereocenters. The number of nitrogens with zero attached hydrogens (tertiary/aromatic N) is 2. The van der Waals surface area contributed by atoms with Crippen LogP contribution < -0.4 is 11.5 Å². The highest BCUT2D eigenvalue weighted by Crippen LogP contribution is 2.15. The van der Waals surface area contributed by atoms with E-state index in [-0.39, 0.29) is 11.4 Å². The van der Waals surface area contributed by atoms with Crippen molar-refractivity contribution < 1.29 is 47.3 Å². The molecule has 182 valence electrons. The molecule has 3 rings (SSSR count). The van der Waals surface area contributed by atoms with Crippen molar-refractivity contribution in [1.82, 2.24) is 0 Å². The number of hydrogen-bond acceptors (Lipinski definition) is 10. The summed E-state index contributed by atoms with van der Waals surface area (Å²) in [7, 11) is -9.04. The minimum atomic E-state index is -4.52. The molecule has 0 aliphatic heterocycles. The van der Waals surface area contributed by atoms with Gasteiger partial charge in [-0.2, -0.15) is 0 Å². The van der Waals surface area contributed by atoms with Crippen LogP contribution in [0.1, 0.15) is 0 Å². The molecule has 0 saturated heterocycles. The van der Waals surface area contributed by atoms with Crippen molar-refractivity contribution >= 4 is 43.0 Å². The molecule has 0 heterocycles. The summed E-state index contributed by atoms with van der Waals surface area (Å²) in [6.45, 7) is 0. The predicted molar refractivity (Wildman–Crippen MR) is 114 cm³/mol. The summed E-state index contributed by atoms with van der Waals surface area (Å²) in [5, 5.41) is 20.3. The molecule has 0 atom stereocenters. The first-order chi connectivity index (χ1) is 15.6. The van der Waals surface area contributed by atoms with E-state index in [0.717, 1.165) is 59.9 Å². The number of quaternary nitrogens is 2. The largest absolute Gasteiger partial charge is 0.744 e. The van der Waals surface area contributed by atoms with Crippen LogP contribution in [0.3, 0.4) is 0 Å². The standard InChI is InChI=1S/C6H8N2.2C6H5NO5S/c7-5-1-2-6(8)4-3-5;2*8-7(9)5-1-3-6(4-2-5)13(10,11)12/h1-4H,7-8H2;2*1-4H,(H,10,11,12). The highest BCUT2D eigenvalue weighted by molar-refractivity contribution is 7.86. The van der Waals surface area contributed by atoms with Crippen LogP contribution in [0.5, 0.6) is 0 Å².